The maximum atomic E-state index is 12.9. The smallest absolute Gasteiger partial charge is 0.258 e. The fraction of sp³-hybridized carbons (Fsp3) is 0.250. The molecule has 5 heteroatoms. The summed E-state index contributed by atoms with van der Waals surface area (Å²) in [5.74, 6) is -0.382. The van der Waals surface area contributed by atoms with E-state index in [4.69, 9.17) is 11.6 Å². The lowest BCUT2D eigenvalue weighted by atomic mass is 10.1. The van der Waals surface area contributed by atoms with Gasteiger partial charge < -0.3 is 4.90 Å². The molecule has 0 bridgehead atoms. The number of carbonyl (C=O) groups excluding carboxylic acids is 1. The molecule has 1 heterocycles. The van der Waals surface area contributed by atoms with Gasteiger partial charge in [0.25, 0.3) is 5.91 Å². The van der Waals surface area contributed by atoms with Gasteiger partial charge >= 0.3 is 0 Å². The second kappa shape index (κ2) is 6.22. The Morgan fingerprint density at radius 3 is 2.43 bits per heavy atom. The Kier molecular flexibility index (Phi) is 4.58. The van der Waals surface area contributed by atoms with Crippen molar-refractivity contribution in [2.75, 3.05) is 11.9 Å². The van der Waals surface area contributed by atoms with E-state index in [1.165, 1.54) is 23.1 Å². The average Bonchev–Trinajstić information content (AvgIpc) is 2.45. The van der Waals surface area contributed by atoms with Crippen LogP contribution in [0, 0.1) is 5.82 Å². The lowest BCUT2D eigenvalue weighted by Gasteiger charge is -2.18. The number of benzene rings is 1. The molecule has 1 aromatic heterocycles. The molecule has 0 radical (unpaired) electrons. The van der Waals surface area contributed by atoms with E-state index in [1.807, 2.05) is 13.8 Å². The summed E-state index contributed by atoms with van der Waals surface area (Å²) in [6.07, 6.45) is 0. The van der Waals surface area contributed by atoms with E-state index in [0.29, 0.717) is 11.3 Å². The Morgan fingerprint density at radius 2 is 1.86 bits per heavy atom. The van der Waals surface area contributed by atoms with Gasteiger partial charge in [-0.25, -0.2) is 9.37 Å². The van der Waals surface area contributed by atoms with E-state index < -0.39 is 0 Å². The van der Waals surface area contributed by atoms with Gasteiger partial charge in [-0.3, -0.25) is 4.79 Å². The molecule has 21 heavy (non-hydrogen) atoms. The van der Waals surface area contributed by atoms with Crippen molar-refractivity contribution in [2.24, 2.45) is 0 Å². The Labute approximate surface area is 128 Å². The molecule has 0 spiro atoms. The van der Waals surface area contributed by atoms with Crippen LogP contribution in [0.5, 0.6) is 0 Å². The third-order valence-electron chi connectivity index (χ3n) is 3.17. The largest absolute Gasteiger partial charge is 0.311 e. The number of nitrogens with zero attached hydrogens (tertiary/aromatic N) is 2. The minimum absolute atomic E-state index is 0.173. The third-order valence-corrected chi connectivity index (χ3v) is 3.36. The molecule has 0 saturated carbocycles. The van der Waals surface area contributed by atoms with Crippen LogP contribution < -0.4 is 4.90 Å². The minimum atomic E-state index is -0.339. The lowest BCUT2D eigenvalue weighted by Crippen LogP contribution is -2.26. The molecule has 0 aliphatic carbocycles. The van der Waals surface area contributed by atoms with Gasteiger partial charge in [0.1, 0.15) is 11.0 Å². The number of hydrogen-bond acceptors (Lipinski definition) is 2. The number of rotatable bonds is 3. The first-order valence-corrected chi connectivity index (χ1v) is 6.97. The first kappa shape index (κ1) is 15.4. The maximum Gasteiger partial charge on any atom is 0.258 e. The first-order valence-electron chi connectivity index (χ1n) is 6.59. The quantitative estimate of drug-likeness (QED) is 0.793. The standard InChI is InChI=1S/C16H16ClFN2O/c1-10(2)14-8-11(9-15(17)19-14)16(21)20(3)13-6-4-12(18)5-7-13/h4-10H,1-3H3. The summed E-state index contributed by atoms with van der Waals surface area (Å²) in [5, 5.41) is 0.289. The van der Waals surface area contributed by atoms with Crippen molar-refractivity contribution >= 4 is 23.2 Å². The van der Waals surface area contributed by atoms with Crippen molar-refractivity contribution in [1.82, 2.24) is 4.98 Å². The van der Waals surface area contributed by atoms with Crippen LogP contribution in [0.15, 0.2) is 36.4 Å². The molecule has 0 aliphatic rings. The van der Waals surface area contributed by atoms with E-state index in [0.717, 1.165) is 5.69 Å². The highest BCUT2D eigenvalue weighted by molar-refractivity contribution is 6.29. The van der Waals surface area contributed by atoms with Gasteiger partial charge in [0.05, 0.1) is 0 Å². The summed E-state index contributed by atoms with van der Waals surface area (Å²) < 4.78 is 12.9. The van der Waals surface area contributed by atoms with Crippen molar-refractivity contribution in [3.8, 4) is 0 Å². The molecular formula is C16H16ClFN2O. The summed E-state index contributed by atoms with van der Waals surface area (Å²) in [6, 6.07) is 9.02. The van der Waals surface area contributed by atoms with Crippen LogP contribution in [0.4, 0.5) is 10.1 Å². The molecule has 1 amide bonds. The summed E-state index contributed by atoms with van der Waals surface area (Å²) in [6.45, 7) is 3.97. The Morgan fingerprint density at radius 1 is 1.24 bits per heavy atom. The van der Waals surface area contributed by atoms with E-state index in [2.05, 4.69) is 4.98 Å². The van der Waals surface area contributed by atoms with Gasteiger partial charge in [-0.1, -0.05) is 25.4 Å². The summed E-state index contributed by atoms with van der Waals surface area (Å²) in [7, 11) is 1.64. The number of anilines is 1. The number of carbonyl (C=O) groups is 1. The van der Waals surface area contributed by atoms with Crippen LogP contribution in [0.1, 0.15) is 35.8 Å². The second-order valence-corrected chi connectivity index (χ2v) is 5.49. The maximum absolute atomic E-state index is 12.9. The molecule has 0 aliphatic heterocycles. The zero-order valence-corrected chi connectivity index (χ0v) is 12.9. The second-order valence-electron chi connectivity index (χ2n) is 5.10. The van der Waals surface area contributed by atoms with Gasteiger partial charge in [0.15, 0.2) is 0 Å². The average molecular weight is 307 g/mol. The van der Waals surface area contributed by atoms with Crippen LogP contribution in [0.3, 0.4) is 0 Å². The highest BCUT2D eigenvalue weighted by atomic mass is 35.5. The van der Waals surface area contributed by atoms with Gasteiger partial charge in [-0.05, 0) is 42.3 Å². The van der Waals surface area contributed by atoms with E-state index >= 15 is 0 Å². The number of amides is 1. The third kappa shape index (κ3) is 3.58. The van der Waals surface area contributed by atoms with Gasteiger partial charge in [0, 0.05) is 24.0 Å². The van der Waals surface area contributed by atoms with Gasteiger partial charge in [0.2, 0.25) is 0 Å². The Balaban J connectivity index is 2.33. The molecule has 0 unspecified atom stereocenters. The van der Waals surface area contributed by atoms with Crippen molar-refractivity contribution in [2.45, 2.75) is 19.8 Å². The molecule has 2 rings (SSSR count). The number of pyridine rings is 1. The van der Waals surface area contributed by atoms with Crippen LogP contribution in [0.2, 0.25) is 5.15 Å². The van der Waals surface area contributed by atoms with Crippen LogP contribution in [0.25, 0.3) is 0 Å². The molecule has 110 valence electrons. The first-order chi connectivity index (χ1) is 9.88. The Hall–Kier alpha value is -1.94. The molecule has 0 saturated heterocycles. The minimum Gasteiger partial charge on any atom is -0.311 e. The molecule has 2 aromatic rings. The monoisotopic (exact) mass is 306 g/mol. The van der Waals surface area contributed by atoms with Crippen LogP contribution in [-0.2, 0) is 0 Å². The molecule has 0 N–H and O–H groups in total. The van der Waals surface area contributed by atoms with Crippen molar-refractivity contribution in [3.05, 3.63) is 58.6 Å². The van der Waals surface area contributed by atoms with Gasteiger partial charge in [-0.2, -0.15) is 0 Å². The molecule has 0 atom stereocenters. The normalized spacial score (nSPS) is 10.8. The molecule has 0 fully saturated rings. The molecule has 3 nitrogen and oxygen atoms in total. The number of hydrogen-bond donors (Lipinski definition) is 0. The zero-order chi connectivity index (χ0) is 15.6. The van der Waals surface area contributed by atoms with Crippen LogP contribution in [-0.4, -0.2) is 17.9 Å². The highest BCUT2D eigenvalue weighted by Gasteiger charge is 2.16. The number of halogens is 2. The van der Waals surface area contributed by atoms with Crippen molar-refractivity contribution in [3.63, 3.8) is 0 Å². The molecular weight excluding hydrogens is 291 g/mol. The topological polar surface area (TPSA) is 33.2 Å². The summed E-state index contributed by atoms with van der Waals surface area (Å²) >= 11 is 5.98. The lowest BCUT2D eigenvalue weighted by molar-refractivity contribution is 0.0992. The predicted octanol–water partition coefficient (Wildman–Crippen LogP) is 4.27. The van der Waals surface area contributed by atoms with Crippen molar-refractivity contribution in [1.29, 1.82) is 0 Å². The van der Waals surface area contributed by atoms with Gasteiger partial charge in [-0.15, -0.1) is 0 Å². The summed E-state index contributed by atoms with van der Waals surface area (Å²) in [4.78, 5) is 18.2. The highest BCUT2D eigenvalue weighted by Crippen LogP contribution is 2.21. The van der Waals surface area contributed by atoms with E-state index in [9.17, 15) is 9.18 Å². The van der Waals surface area contributed by atoms with Crippen molar-refractivity contribution < 1.29 is 9.18 Å². The fourth-order valence-corrected chi connectivity index (χ4v) is 2.13. The molecule has 1 aromatic carbocycles. The van der Waals surface area contributed by atoms with Crippen LogP contribution >= 0.6 is 11.6 Å². The number of aromatic nitrogens is 1. The predicted molar refractivity (Wildman–Crippen MR) is 82.5 cm³/mol. The zero-order valence-electron chi connectivity index (χ0n) is 12.1. The Bertz CT molecular complexity index is 656. The fourth-order valence-electron chi connectivity index (χ4n) is 1.91. The van der Waals surface area contributed by atoms with E-state index in [1.54, 1.807) is 25.2 Å². The SMILES string of the molecule is CC(C)c1cc(C(=O)N(C)c2ccc(F)cc2)cc(Cl)n1. The summed E-state index contributed by atoms with van der Waals surface area (Å²) in [5.41, 5.74) is 1.84. The van der Waals surface area contributed by atoms with E-state index in [-0.39, 0.29) is 22.8 Å².